The molecule has 2 unspecified atom stereocenters. The fourth-order valence-electron chi connectivity index (χ4n) is 2.38. The second-order valence-electron chi connectivity index (χ2n) is 5.07. The Kier molecular flexibility index (Phi) is 3.23. The number of benzene rings is 2. The van der Waals surface area contributed by atoms with Gasteiger partial charge in [0.2, 0.25) is 10.0 Å². The van der Waals surface area contributed by atoms with Gasteiger partial charge in [-0.05, 0) is 36.2 Å². The van der Waals surface area contributed by atoms with Crippen molar-refractivity contribution in [3.05, 3.63) is 60.2 Å². The summed E-state index contributed by atoms with van der Waals surface area (Å²) in [5.41, 5.74) is 2.26. The van der Waals surface area contributed by atoms with Crippen LogP contribution in [0.15, 0.2) is 59.5 Å². The second kappa shape index (κ2) is 4.92. The van der Waals surface area contributed by atoms with Gasteiger partial charge in [0.15, 0.2) is 0 Å². The van der Waals surface area contributed by atoms with Crippen LogP contribution in [0, 0.1) is 0 Å². The highest BCUT2D eigenvalue weighted by Gasteiger charge is 2.38. The summed E-state index contributed by atoms with van der Waals surface area (Å²) >= 11 is 0. The Morgan fingerprint density at radius 2 is 1.65 bits per heavy atom. The van der Waals surface area contributed by atoms with Gasteiger partial charge in [-0.15, -0.1) is 0 Å². The molecule has 3 N–H and O–H groups in total. The lowest BCUT2D eigenvalue weighted by atomic mass is 10.1. The first-order valence-corrected chi connectivity index (χ1v) is 8.03. The van der Waals surface area contributed by atoms with Crippen LogP contribution in [0.4, 0.5) is 5.69 Å². The summed E-state index contributed by atoms with van der Waals surface area (Å²) in [5, 5.41) is 8.48. The van der Waals surface area contributed by atoms with Gasteiger partial charge in [0.05, 0.1) is 4.90 Å². The van der Waals surface area contributed by atoms with Crippen LogP contribution in [-0.4, -0.2) is 14.5 Å². The SMILES string of the molecule is NS(=O)(=O)c1ccc(NC2CC2c2ccccc2)cc1. The number of primary sulfonamides is 1. The minimum atomic E-state index is -3.61. The molecule has 1 aliphatic carbocycles. The number of hydrogen-bond acceptors (Lipinski definition) is 3. The van der Waals surface area contributed by atoms with E-state index in [1.54, 1.807) is 12.1 Å². The van der Waals surface area contributed by atoms with E-state index >= 15 is 0 Å². The van der Waals surface area contributed by atoms with Crippen LogP contribution in [0.3, 0.4) is 0 Å². The van der Waals surface area contributed by atoms with Gasteiger partial charge in [0.25, 0.3) is 0 Å². The highest BCUT2D eigenvalue weighted by molar-refractivity contribution is 7.89. The third-order valence-corrected chi connectivity index (χ3v) is 4.48. The van der Waals surface area contributed by atoms with E-state index < -0.39 is 10.0 Å². The minimum absolute atomic E-state index is 0.137. The highest BCUT2D eigenvalue weighted by Crippen LogP contribution is 2.42. The van der Waals surface area contributed by atoms with E-state index in [2.05, 4.69) is 17.4 Å². The van der Waals surface area contributed by atoms with Gasteiger partial charge in [-0.1, -0.05) is 30.3 Å². The molecule has 0 amide bonds. The Bertz CT molecular complexity index is 696. The molecule has 0 bridgehead atoms. The molecule has 104 valence electrons. The Morgan fingerprint density at radius 3 is 2.25 bits per heavy atom. The van der Waals surface area contributed by atoms with Crippen LogP contribution in [-0.2, 0) is 10.0 Å². The van der Waals surface area contributed by atoms with E-state index in [0.717, 1.165) is 12.1 Å². The molecule has 3 rings (SSSR count). The monoisotopic (exact) mass is 288 g/mol. The summed E-state index contributed by atoms with van der Waals surface area (Å²) in [4.78, 5) is 0.137. The largest absolute Gasteiger partial charge is 0.382 e. The van der Waals surface area contributed by atoms with Crippen LogP contribution in [0.1, 0.15) is 17.9 Å². The average Bonchev–Trinajstić information content (AvgIpc) is 3.19. The van der Waals surface area contributed by atoms with E-state index in [-0.39, 0.29) is 4.90 Å². The second-order valence-corrected chi connectivity index (χ2v) is 6.63. The van der Waals surface area contributed by atoms with E-state index in [1.165, 1.54) is 17.7 Å². The number of rotatable bonds is 4. The lowest BCUT2D eigenvalue weighted by Crippen LogP contribution is -2.12. The third kappa shape index (κ3) is 2.84. The number of sulfonamides is 1. The topological polar surface area (TPSA) is 72.2 Å². The number of anilines is 1. The molecule has 0 heterocycles. The zero-order valence-corrected chi connectivity index (χ0v) is 11.7. The van der Waals surface area contributed by atoms with E-state index in [4.69, 9.17) is 5.14 Å². The Balaban J connectivity index is 1.66. The van der Waals surface area contributed by atoms with Gasteiger partial charge >= 0.3 is 0 Å². The lowest BCUT2D eigenvalue weighted by Gasteiger charge is -2.07. The fraction of sp³-hybridized carbons (Fsp3) is 0.200. The maximum atomic E-state index is 11.2. The van der Waals surface area contributed by atoms with Crippen LogP contribution in [0.5, 0.6) is 0 Å². The first-order chi connectivity index (χ1) is 9.54. The molecule has 1 saturated carbocycles. The van der Waals surface area contributed by atoms with Gasteiger partial charge in [0.1, 0.15) is 0 Å². The fourth-order valence-corrected chi connectivity index (χ4v) is 2.89. The molecule has 1 aliphatic rings. The van der Waals surface area contributed by atoms with Crippen molar-refractivity contribution >= 4 is 15.7 Å². The molecular weight excluding hydrogens is 272 g/mol. The number of nitrogens with one attached hydrogen (secondary N) is 1. The first-order valence-electron chi connectivity index (χ1n) is 6.48. The molecule has 2 atom stereocenters. The van der Waals surface area contributed by atoms with Crippen LogP contribution < -0.4 is 10.5 Å². The summed E-state index contributed by atoms with van der Waals surface area (Å²) in [6, 6.07) is 17.3. The predicted octanol–water partition coefficient (Wildman–Crippen LogP) is 2.30. The summed E-state index contributed by atoms with van der Waals surface area (Å²) in [5.74, 6) is 0.536. The molecule has 20 heavy (non-hydrogen) atoms. The van der Waals surface area contributed by atoms with Gasteiger partial charge < -0.3 is 5.32 Å². The standard InChI is InChI=1S/C15H16N2O2S/c16-20(18,19)13-8-6-12(7-9-13)17-15-10-14(15)11-4-2-1-3-5-11/h1-9,14-15,17H,10H2,(H2,16,18,19). The van der Waals surface area contributed by atoms with Gasteiger partial charge in [0, 0.05) is 17.6 Å². The molecule has 5 heteroatoms. The first kappa shape index (κ1) is 13.1. The van der Waals surface area contributed by atoms with Gasteiger partial charge in [-0.2, -0.15) is 0 Å². The molecule has 0 aliphatic heterocycles. The molecule has 2 aromatic carbocycles. The Morgan fingerprint density at radius 1 is 1.00 bits per heavy atom. The van der Waals surface area contributed by atoms with Gasteiger partial charge in [-0.25, -0.2) is 13.6 Å². The van der Waals surface area contributed by atoms with E-state index in [9.17, 15) is 8.42 Å². The molecule has 0 aromatic heterocycles. The van der Waals surface area contributed by atoms with Crippen molar-refractivity contribution < 1.29 is 8.42 Å². The zero-order chi connectivity index (χ0) is 14.2. The quantitative estimate of drug-likeness (QED) is 0.906. The van der Waals surface area contributed by atoms with Crippen molar-refractivity contribution in [2.24, 2.45) is 5.14 Å². The molecule has 0 spiro atoms. The van der Waals surface area contributed by atoms with Crippen LogP contribution >= 0.6 is 0 Å². The van der Waals surface area contributed by atoms with Crippen molar-refractivity contribution in [3.8, 4) is 0 Å². The van der Waals surface area contributed by atoms with Crippen LogP contribution in [0.2, 0.25) is 0 Å². The smallest absolute Gasteiger partial charge is 0.238 e. The Hall–Kier alpha value is -1.85. The van der Waals surface area contributed by atoms with Crippen molar-refractivity contribution in [2.45, 2.75) is 23.3 Å². The van der Waals surface area contributed by atoms with Crippen molar-refractivity contribution in [2.75, 3.05) is 5.32 Å². The molecule has 1 fully saturated rings. The van der Waals surface area contributed by atoms with Crippen LogP contribution in [0.25, 0.3) is 0 Å². The molecule has 0 saturated heterocycles. The predicted molar refractivity (Wildman–Crippen MR) is 79.0 cm³/mol. The normalized spacial score (nSPS) is 21.4. The summed E-state index contributed by atoms with van der Waals surface area (Å²) in [6.07, 6.45) is 1.10. The molecule has 4 nitrogen and oxygen atoms in total. The average molecular weight is 288 g/mol. The van der Waals surface area contributed by atoms with Crippen molar-refractivity contribution in [3.63, 3.8) is 0 Å². The maximum absolute atomic E-state index is 11.2. The lowest BCUT2D eigenvalue weighted by molar-refractivity contribution is 0.598. The van der Waals surface area contributed by atoms with Crippen molar-refractivity contribution in [1.29, 1.82) is 0 Å². The highest BCUT2D eigenvalue weighted by atomic mass is 32.2. The number of nitrogens with two attached hydrogens (primary N) is 1. The molecular formula is C15H16N2O2S. The van der Waals surface area contributed by atoms with Gasteiger partial charge in [-0.3, -0.25) is 0 Å². The molecule has 2 aromatic rings. The minimum Gasteiger partial charge on any atom is -0.382 e. The summed E-state index contributed by atoms with van der Waals surface area (Å²) in [6.45, 7) is 0. The number of hydrogen-bond donors (Lipinski definition) is 2. The Labute approximate surface area is 118 Å². The zero-order valence-electron chi connectivity index (χ0n) is 10.9. The van der Waals surface area contributed by atoms with E-state index in [1.807, 2.05) is 18.2 Å². The maximum Gasteiger partial charge on any atom is 0.238 e. The molecule has 0 radical (unpaired) electrons. The summed E-state index contributed by atoms with van der Waals surface area (Å²) in [7, 11) is -3.61. The van der Waals surface area contributed by atoms with E-state index in [0.29, 0.717) is 12.0 Å². The van der Waals surface area contributed by atoms with Crippen molar-refractivity contribution in [1.82, 2.24) is 0 Å². The third-order valence-electron chi connectivity index (χ3n) is 3.55. The summed E-state index contributed by atoms with van der Waals surface area (Å²) < 4.78 is 22.3.